The fourth-order valence-electron chi connectivity index (χ4n) is 2.98. The Morgan fingerprint density at radius 2 is 1.89 bits per heavy atom. The number of halogens is 2. The molecule has 0 aliphatic heterocycles. The number of aryl methyl sites for hydroxylation is 1. The van der Waals surface area contributed by atoms with Crippen LogP contribution in [-0.4, -0.2) is 15.5 Å². The van der Waals surface area contributed by atoms with Gasteiger partial charge in [-0.3, -0.25) is 9.36 Å². The van der Waals surface area contributed by atoms with Crippen molar-refractivity contribution in [3.63, 3.8) is 0 Å². The molecule has 28 heavy (non-hydrogen) atoms. The van der Waals surface area contributed by atoms with Crippen molar-refractivity contribution in [3.8, 4) is 5.69 Å². The molecule has 0 aliphatic carbocycles. The Bertz CT molecular complexity index is 1170. The molecule has 1 amide bonds. The van der Waals surface area contributed by atoms with Crippen LogP contribution in [0.15, 0.2) is 67.0 Å². The van der Waals surface area contributed by atoms with Crippen molar-refractivity contribution in [2.75, 3.05) is 0 Å². The number of benzene rings is 3. The lowest BCUT2D eigenvalue weighted by Crippen LogP contribution is -2.22. The van der Waals surface area contributed by atoms with Gasteiger partial charge in [0.1, 0.15) is 12.1 Å². The highest BCUT2D eigenvalue weighted by Gasteiger charge is 2.11. The first kappa shape index (κ1) is 18.2. The first-order valence-electron chi connectivity index (χ1n) is 8.77. The number of carbonyl (C=O) groups is 1. The molecule has 1 N–H and O–H groups in total. The number of fused-ring (bicyclic) bond motifs is 1. The predicted octanol–water partition coefficient (Wildman–Crippen LogP) is 5.06. The van der Waals surface area contributed by atoms with Gasteiger partial charge in [0.2, 0.25) is 0 Å². The molecule has 0 atom stereocenters. The smallest absolute Gasteiger partial charge is 0.251 e. The number of aromatic nitrogens is 2. The van der Waals surface area contributed by atoms with Gasteiger partial charge in [0.05, 0.1) is 11.0 Å². The molecule has 1 aromatic heterocycles. The van der Waals surface area contributed by atoms with E-state index in [4.69, 9.17) is 11.6 Å². The number of nitrogens with one attached hydrogen (secondary N) is 1. The van der Waals surface area contributed by atoms with Gasteiger partial charge in [-0.1, -0.05) is 29.8 Å². The van der Waals surface area contributed by atoms with E-state index < -0.39 is 0 Å². The predicted molar refractivity (Wildman–Crippen MR) is 108 cm³/mol. The number of carbonyl (C=O) groups excluding carboxylic acids is 1. The van der Waals surface area contributed by atoms with Gasteiger partial charge < -0.3 is 5.32 Å². The van der Waals surface area contributed by atoms with E-state index in [0.717, 1.165) is 22.3 Å². The number of imidazole rings is 1. The molecule has 0 saturated carbocycles. The second-order valence-corrected chi connectivity index (χ2v) is 6.97. The summed E-state index contributed by atoms with van der Waals surface area (Å²) in [5.41, 5.74) is 4.86. The third-order valence-electron chi connectivity index (χ3n) is 4.61. The van der Waals surface area contributed by atoms with Crippen molar-refractivity contribution < 1.29 is 9.18 Å². The number of rotatable bonds is 4. The average molecular weight is 394 g/mol. The molecular weight excluding hydrogens is 377 g/mol. The Hall–Kier alpha value is -3.18. The molecule has 140 valence electrons. The quantitative estimate of drug-likeness (QED) is 0.527. The molecule has 3 aromatic carbocycles. The zero-order valence-corrected chi connectivity index (χ0v) is 15.9. The second-order valence-electron chi connectivity index (χ2n) is 6.56. The molecule has 4 aromatic rings. The van der Waals surface area contributed by atoms with E-state index in [-0.39, 0.29) is 11.7 Å². The van der Waals surface area contributed by atoms with Gasteiger partial charge in [-0.15, -0.1) is 0 Å². The number of nitrogens with zero attached hydrogens (tertiary/aromatic N) is 2. The number of hydrogen-bond acceptors (Lipinski definition) is 2. The first-order chi connectivity index (χ1) is 13.5. The maximum Gasteiger partial charge on any atom is 0.251 e. The van der Waals surface area contributed by atoms with E-state index >= 15 is 0 Å². The third-order valence-corrected chi connectivity index (χ3v) is 5.02. The topological polar surface area (TPSA) is 46.9 Å². The Kier molecular flexibility index (Phi) is 4.84. The van der Waals surface area contributed by atoms with E-state index in [1.165, 1.54) is 12.1 Å². The number of amides is 1. The highest BCUT2D eigenvalue weighted by Crippen LogP contribution is 2.23. The van der Waals surface area contributed by atoms with Crippen LogP contribution in [0.4, 0.5) is 4.39 Å². The molecule has 0 spiro atoms. The van der Waals surface area contributed by atoms with E-state index in [2.05, 4.69) is 10.3 Å². The SMILES string of the molecule is Cc1ccc(-n2cnc3cc(C(=O)NCc4ccc(F)cc4)ccc32)cc1Cl. The molecule has 0 saturated heterocycles. The fraction of sp³-hybridized carbons (Fsp3) is 0.0909. The summed E-state index contributed by atoms with van der Waals surface area (Å²) in [6, 6.07) is 17.2. The Balaban J connectivity index is 1.55. The lowest BCUT2D eigenvalue weighted by Gasteiger charge is -2.08. The Morgan fingerprint density at radius 1 is 1.11 bits per heavy atom. The van der Waals surface area contributed by atoms with Crippen molar-refractivity contribution in [3.05, 3.63) is 94.5 Å². The summed E-state index contributed by atoms with van der Waals surface area (Å²) in [4.78, 5) is 16.9. The van der Waals surface area contributed by atoms with Crippen molar-refractivity contribution in [1.82, 2.24) is 14.9 Å². The highest BCUT2D eigenvalue weighted by molar-refractivity contribution is 6.31. The van der Waals surface area contributed by atoms with Gasteiger partial charge in [0.25, 0.3) is 5.91 Å². The molecule has 0 fully saturated rings. The fourth-order valence-corrected chi connectivity index (χ4v) is 3.15. The maximum absolute atomic E-state index is 13.0. The second kappa shape index (κ2) is 7.44. The lowest BCUT2D eigenvalue weighted by molar-refractivity contribution is 0.0951. The molecular formula is C22H17ClFN3O. The first-order valence-corrected chi connectivity index (χ1v) is 9.15. The minimum Gasteiger partial charge on any atom is -0.348 e. The van der Waals surface area contributed by atoms with Crippen molar-refractivity contribution >= 4 is 28.5 Å². The number of hydrogen-bond donors (Lipinski definition) is 1. The average Bonchev–Trinajstić information content (AvgIpc) is 3.12. The molecule has 4 rings (SSSR count). The summed E-state index contributed by atoms with van der Waals surface area (Å²) in [7, 11) is 0. The normalized spacial score (nSPS) is 11.0. The van der Waals surface area contributed by atoms with E-state index in [9.17, 15) is 9.18 Å². The maximum atomic E-state index is 13.0. The van der Waals surface area contributed by atoms with Crippen LogP contribution in [0.5, 0.6) is 0 Å². The summed E-state index contributed by atoms with van der Waals surface area (Å²) < 4.78 is 14.9. The van der Waals surface area contributed by atoms with Crippen LogP contribution in [0.2, 0.25) is 5.02 Å². The third kappa shape index (κ3) is 3.62. The van der Waals surface area contributed by atoms with E-state index in [1.807, 2.05) is 35.8 Å². The summed E-state index contributed by atoms with van der Waals surface area (Å²) in [5.74, 6) is -0.509. The molecule has 6 heteroatoms. The zero-order valence-electron chi connectivity index (χ0n) is 15.1. The van der Waals surface area contributed by atoms with Gasteiger partial charge in [-0.2, -0.15) is 0 Å². The molecule has 0 radical (unpaired) electrons. The van der Waals surface area contributed by atoms with Crippen LogP contribution >= 0.6 is 11.6 Å². The Labute approximate surface area is 166 Å². The van der Waals surface area contributed by atoms with Crippen LogP contribution in [0, 0.1) is 12.7 Å². The van der Waals surface area contributed by atoms with Crippen LogP contribution in [0.3, 0.4) is 0 Å². The lowest BCUT2D eigenvalue weighted by atomic mass is 10.1. The monoisotopic (exact) mass is 393 g/mol. The molecule has 4 nitrogen and oxygen atoms in total. The minimum absolute atomic E-state index is 0.209. The van der Waals surface area contributed by atoms with Crippen LogP contribution in [-0.2, 0) is 6.54 Å². The van der Waals surface area contributed by atoms with Crippen molar-refractivity contribution in [1.29, 1.82) is 0 Å². The molecule has 0 bridgehead atoms. The van der Waals surface area contributed by atoms with Crippen LogP contribution in [0.25, 0.3) is 16.7 Å². The van der Waals surface area contributed by atoms with Gasteiger partial charge in [0.15, 0.2) is 0 Å². The van der Waals surface area contributed by atoms with E-state index in [1.54, 1.807) is 30.6 Å². The van der Waals surface area contributed by atoms with Gasteiger partial charge in [-0.25, -0.2) is 9.37 Å². The van der Waals surface area contributed by atoms with Crippen LogP contribution in [0.1, 0.15) is 21.5 Å². The zero-order chi connectivity index (χ0) is 19.7. The highest BCUT2D eigenvalue weighted by atomic mass is 35.5. The summed E-state index contributed by atoms with van der Waals surface area (Å²) >= 11 is 6.24. The Morgan fingerprint density at radius 3 is 2.64 bits per heavy atom. The summed E-state index contributed by atoms with van der Waals surface area (Å²) in [5, 5.41) is 3.53. The van der Waals surface area contributed by atoms with Gasteiger partial charge in [-0.05, 0) is 60.5 Å². The minimum atomic E-state index is -0.300. The standard InChI is InChI=1S/C22H17ClFN3O/c1-14-2-8-18(11-19(14)23)27-13-26-20-10-16(5-9-21(20)27)22(28)25-12-15-3-6-17(24)7-4-15/h2-11,13H,12H2,1H3,(H,25,28). The van der Waals surface area contributed by atoms with Gasteiger partial charge in [0, 0.05) is 22.8 Å². The molecule has 1 heterocycles. The van der Waals surface area contributed by atoms with Crippen LogP contribution < -0.4 is 5.32 Å². The van der Waals surface area contributed by atoms with Crippen molar-refractivity contribution in [2.45, 2.75) is 13.5 Å². The van der Waals surface area contributed by atoms with E-state index in [0.29, 0.717) is 22.6 Å². The van der Waals surface area contributed by atoms with Crippen molar-refractivity contribution in [2.24, 2.45) is 0 Å². The van der Waals surface area contributed by atoms with Gasteiger partial charge >= 0.3 is 0 Å². The summed E-state index contributed by atoms with van der Waals surface area (Å²) in [6.07, 6.45) is 1.71. The summed E-state index contributed by atoms with van der Waals surface area (Å²) in [6.45, 7) is 2.28. The molecule has 0 unspecified atom stereocenters. The largest absolute Gasteiger partial charge is 0.348 e. The molecule has 0 aliphatic rings.